The highest BCUT2D eigenvalue weighted by atomic mass is 16.5. The number of anilines is 1. The Kier molecular flexibility index (Phi) is 4.31. The molecule has 1 fully saturated rings. The first-order valence-corrected chi connectivity index (χ1v) is 6.14. The van der Waals surface area contributed by atoms with Gasteiger partial charge in [0.25, 0.3) is 0 Å². The molecule has 0 aliphatic carbocycles. The summed E-state index contributed by atoms with van der Waals surface area (Å²) in [5.41, 5.74) is 0.345. The summed E-state index contributed by atoms with van der Waals surface area (Å²) >= 11 is 0. The smallest absolute Gasteiger partial charge is 0.225 e. The van der Waals surface area contributed by atoms with E-state index in [1.54, 1.807) is 0 Å². The summed E-state index contributed by atoms with van der Waals surface area (Å²) in [4.78, 5) is 11.7. The van der Waals surface area contributed by atoms with Gasteiger partial charge in [-0.1, -0.05) is 0 Å². The monoisotopic (exact) mass is 248 g/mol. The molecule has 0 aromatic carbocycles. The second kappa shape index (κ2) is 6.17. The van der Waals surface area contributed by atoms with E-state index in [1.165, 1.54) is 12.6 Å². The van der Waals surface area contributed by atoms with Crippen LogP contribution in [-0.2, 0) is 9.53 Å². The third kappa shape index (κ3) is 3.31. The Hall–Kier alpha value is -1.87. The summed E-state index contributed by atoms with van der Waals surface area (Å²) in [6.07, 6.45) is 6.02. The van der Waals surface area contributed by atoms with E-state index in [4.69, 9.17) is 10.00 Å². The number of aromatic nitrogens is 2. The van der Waals surface area contributed by atoms with Gasteiger partial charge in [-0.25, -0.2) is 0 Å². The van der Waals surface area contributed by atoms with Gasteiger partial charge in [-0.05, 0) is 25.7 Å². The molecule has 96 valence electrons. The van der Waals surface area contributed by atoms with Gasteiger partial charge in [-0.3, -0.25) is 9.89 Å². The number of carbonyl (C=O) groups excluding carboxylic acids is 1. The van der Waals surface area contributed by atoms with Gasteiger partial charge in [-0.15, -0.1) is 0 Å². The van der Waals surface area contributed by atoms with Crippen LogP contribution in [0.5, 0.6) is 0 Å². The van der Waals surface area contributed by atoms with Crippen molar-refractivity contribution in [3.8, 4) is 6.07 Å². The first kappa shape index (κ1) is 12.6. The molecule has 6 heteroatoms. The van der Waals surface area contributed by atoms with Gasteiger partial charge in [0, 0.05) is 13.0 Å². The largest absolute Gasteiger partial charge is 0.378 e. The molecule has 2 N–H and O–H groups in total. The Labute approximate surface area is 105 Å². The second-order valence-electron chi connectivity index (χ2n) is 4.35. The summed E-state index contributed by atoms with van der Waals surface area (Å²) in [6, 6.07) is 1.95. The van der Waals surface area contributed by atoms with Crippen molar-refractivity contribution in [2.75, 3.05) is 11.9 Å². The van der Waals surface area contributed by atoms with Crippen LogP contribution in [0.3, 0.4) is 0 Å². The highest BCUT2D eigenvalue weighted by Gasteiger charge is 2.16. The summed E-state index contributed by atoms with van der Waals surface area (Å²) in [5, 5.41) is 17.7. The fourth-order valence-electron chi connectivity index (χ4n) is 2.00. The van der Waals surface area contributed by atoms with Crippen LogP contribution in [-0.4, -0.2) is 28.8 Å². The number of H-pyrrole nitrogens is 1. The average Bonchev–Trinajstić information content (AvgIpc) is 2.85. The third-order valence-electron chi connectivity index (χ3n) is 2.99. The van der Waals surface area contributed by atoms with Crippen molar-refractivity contribution in [3.05, 3.63) is 11.8 Å². The zero-order chi connectivity index (χ0) is 12.8. The maximum atomic E-state index is 11.7. The van der Waals surface area contributed by atoms with Crippen LogP contribution in [0.4, 0.5) is 5.82 Å². The molecular formula is C12H16N4O2. The van der Waals surface area contributed by atoms with Crippen LogP contribution in [0, 0.1) is 11.3 Å². The lowest BCUT2D eigenvalue weighted by atomic mass is 10.0. The zero-order valence-electron chi connectivity index (χ0n) is 10.1. The molecule has 1 unspecified atom stereocenters. The van der Waals surface area contributed by atoms with Crippen molar-refractivity contribution >= 4 is 11.7 Å². The van der Waals surface area contributed by atoms with Gasteiger partial charge < -0.3 is 10.1 Å². The lowest BCUT2D eigenvalue weighted by Gasteiger charge is -2.22. The third-order valence-corrected chi connectivity index (χ3v) is 2.99. The number of nitriles is 1. The highest BCUT2D eigenvalue weighted by Crippen LogP contribution is 2.17. The number of hydrogen-bond donors (Lipinski definition) is 2. The summed E-state index contributed by atoms with van der Waals surface area (Å²) in [5.74, 6) is 0.247. The minimum absolute atomic E-state index is 0.120. The van der Waals surface area contributed by atoms with Crippen LogP contribution in [0.2, 0.25) is 0 Å². The van der Waals surface area contributed by atoms with Gasteiger partial charge in [0.05, 0.1) is 12.3 Å². The van der Waals surface area contributed by atoms with Crippen molar-refractivity contribution in [2.24, 2.45) is 0 Å². The number of hydrogen-bond acceptors (Lipinski definition) is 4. The van der Waals surface area contributed by atoms with Gasteiger partial charge in [-0.2, -0.15) is 10.4 Å². The Balaban J connectivity index is 1.77. The molecule has 0 saturated carbocycles. The van der Waals surface area contributed by atoms with Crippen molar-refractivity contribution in [2.45, 2.75) is 38.2 Å². The summed E-state index contributed by atoms with van der Waals surface area (Å²) in [6.45, 7) is 0.797. The first-order chi connectivity index (χ1) is 8.79. The van der Waals surface area contributed by atoms with Crippen LogP contribution in [0.15, 0.2) is 6.20 Å². The molecule has 0 radical (unpaired) electrons. The number of nitrogens with zero attached hydrogens (tertiary/aromatic N) is 2. The molecule has 1 saturated heterocycles. The fraction of sp³-hybridized carbons (Fsp3) is 0.583. The number of rotatable bonds is 4. The molecule has 2 heterocycles. The molecule has 1 atom stereocenters. The summed E-state index contributed by atoms with van der Waals surface area (Å²) < 4.78 is 5.56. The van der Waals surface area contributed by atoms with E-state index in [2.05, 4.69) is 15.5 Å². The molecular weight excluding hydrogens is 232 g/mol. The number of ether oxygens (including phenoxy) is 1. The van der Waals surface area contributed by atoms with Crippen molar-refractivity contribution in [1.29, 1.82) is 5.26 Å². The van der Waals surface area contributed by atoms with E-state index < -0.39 is 0 Å². The SMILES string of the molecule is N#Cc1cn[nH]c1NC(=O)CCC1CCCCO1. The molecule has 1 aliphatic rings. The van der Waals surface area contributed by atoms with E-state index in [0.717, 1.165) is 25.9 Å². The predicted octanol–water partition coefficient (Wildman–Crippen LogP) is 1.57. The lowest BCUT2D eigenvalue weighted by molar-refractivity contribution is -0.117. The standard InChI is InChI=1S/C12H16N4O2/c13-7-9-8-14-16-12(9)15-11(17)5-4-10-3-1-2-6-18-10/h8,10H,1-6H2,(H2,14,15,16,17). The minimum atomic E-state index is -0.120. The van der Waals surface area contributed by atoms with E-state index in [0.29, 0.717) is 17.8 Å². The van der Waals surface area contributed by atoms with Crippen LogP contribution < -0.4 is 5.32 Å². The topological polar surface area (TPSA) is 90.8 Å². The van der Waals surface area contributed by atoms with Crippen molar-refractivity contribution in [3.63, 3.8) is 0 Å². The average molecular weight is 248 g/mol. The molecule has 0 bridgehead atoms. The number of amides is 1. The minimum Gasteiger partial charge on any atom is -0.378 e. The van der Waals surface area contributed by atoms with E-state index in [-0.39, 0.29) is 12.0 Å². The maximum Gasteiger partial charge on any atom is 0.225 e. The predicted molar refractivity (Wildman–Crippen MR) is 64.8 cm³/mol. The quantitative estimate of drug-likeness (QED) is 0.846. The van der Waals surface area contributed by atoms with Crippen LogP contribution in [0.25, 0.3) is 0 Å². The number of nitrogens with one attached hydrogen (secondary N) is 2. The van der Waals surface area contributed by atoms with Crippen molar-refractivity contribution in [1.82, 2.24) is 10.2 Å². The Morgan fingerprint density at radius 1 is 1.67 bits per heavy atom. The molecule has 1 aliphatic heterocycles. The Bertz CT molecular complexity index is 443. The molecule has 0 spiro atoms. The van der Waals surface area contributed by atoms with Crippen LogP contribution >= 0.6 is 0 Å². The van der Waals surface area contributed by atoms with Gasteiger partial charge in [0.2, 0.25) is 5.91 Å². The van der Waals surface area contributed by atoms with Crippen LogP contribution in [0.1, 0.15) is 37.7 Å². The van der Waals surface area contributed by atoms with E-state index >= 15 is 0 Å². The lowest BCUT2D eigenvalue weighted by Crippen LogP contribution is -2.22. The first-order valence-electron chi connectivity index (χ1n) is 6.14. The zero-order valence-corrected chi connectivity index (χ0v) is 10.1. The van der Waals surface area contributed by atoms with Gasteiger partial charge >= 0.3 is 0 Å². The molecule has 2 rings (SSSR count). The van der Waals surface area contributed by atoms with Gasteiger partial charge in [0.1, 0.15) is 17.5 Å². The molecule has 1 aromatic heterocycles. The highest BCUT2D eigenvalue weighted by molar-refractivity contribution is 5.90. The number of aromatic amines is 1. The normalized spacial score (nSPS) is 19.2. The molecule has 6 nitrogen and oxygen atoms in total. The number of carbonyl (C=O) groups is 1. The summed E-state index contributed by atoms with van der Waals surface area (Å²) in [7, 11) is 0. The van der Waals surface area contributed by atoms with E-state index in [1.807, 2.05) is 6.07 Å². The fourth-order valence-corrected chi connectivity index (χ4v) is 2.00. The van der Waals surface area contributed by atoms with E-state index in [9.17, 15) is 4.79 Å². The maximum absolute atomic E-state index is 11.7. The van der Waals surface area contributed by atoms with Gasteiger partial charge in [0.15, 0.2) is 0 Å². The second-order valence-corrected chi connectivity index (χ2v) is 4.35. The van der Waals surface area contributed by atoms with Crippen molar-refractivity contribution < 1.29 is 9.53 Å². The molecule has 1 amide bonds. The molecule has 1 aromatic rings. The Morgan fingerprint density at radius 2 is 2.56 bits per heavy atom. The molecule has 18 heavy (non-hydrogen) atoms. The Morgan fingerprint density at radius 3 is 3.28 bits per heavy atom.